The van der Waals surface area contributed by atoms with Crippen LogP contribution in [0.1, 0.15) is 6.42 Å². The first-order valence-electron chi connectivity index (χ1n) is 5.55. The molecule has 0 amide bonds. The van der Waals surface area contributed by atoms with Crippen molar-refractivity contribution in [1.29, 1.82) is 0 Å². The van der Waals surface area contributed by atoms with Gasteiger partial charge in [-0.3, -0.25) is 0 Å². The largest absolute Gasteiger partial charge is 0.497 e. The number of benzene rings is 1. The van der Waals surface area contributed by atoms with E-state index in [2.05, 4.69) is 27.6 Å². The van der Waals surface area contributed by atoms with Crippen molar-refractivity contribution in [2.75, 3.05) is 25.6 Å². The minimum Gasteiger partial charge on any atom is -0.497 e. The number of anilines is 1. The third-order valence-electron chi connectivity index (χ3n) is 3.15. The molecule has 2 heterocycles. The standard InChI is InChI=1S/C12H15N3O/c1-14-6-3-7-15-11-5-4-9(16-2)8-10(11)13-12(14)15/h4-5,8H,3,6-7H2,1-2H3. The molecule has 0 saturated carbocycles. The van der Waals surface area contributed by atoms with Crippen molar-refractivity contribution in [3.8, 4) is 5.75 Å². The van der Waals surface area contributed by atoms with Gasteiger partial charge in [0.05, 0.1) is 18.1 Å². The highest BCUT2D eigenvalue weighted by Crippen LogP contribution is 2.27. The second-order valence-corrected chi connectivity index (χ2v) is 4.19. The zero-order valence-corrected chi connectivity index (χ0v) is 9.60. The average Bonchev–Trinajstić information content (AvgIpc) is 2.68. The van der Waals surface area contributed by atoms with Crippen LogP contribution >= 0.6 is 0 Å². The monoisotopic (exact) mass is 217 g/mol. The van der Waals surface area contributed by atoms with Crippen LogP contribution in [0.5, 0.6) is 5.75 Å². The van der Waals surface area contributed by atoms with Gasteiger partial charge in [-0.1, -0.05) is 0 Å². The second-order valence-electron chi connectivity index (χ2n) is 4.19. The van der Waals surface area contributed by atoms with Crippen molar-refractivity contribution in [2.45, 2.75) is 13.0 Å². The predicted octanol–water partition coefficient (Wildman–Crippen LogP) is 1.88. The molecule has 0 atom stereocenters. The number of aromatic nitrogens is 2. The maximum Gasteiger partial charge on any atom is 0.206 e. The van der Waals surface area contributed by atoms with E-state index in [0.29, 0.717) is 0 Å². The van der Waals surface area contributed by atoms with Crippen molar-refractivity contribution in [1.82, 2.24) is 9.55 Å². The molecule has 0 fully saturated rings. The van der Waals surface area contributed by atoms with Crippen LogP contribution in [0.3, 0.4) is 0 Å². The number of hydrogen-bond acceptors (Lipinski definition) is 3. The fourth-order valence-corrected chi connectivity index (χ4v) is 2.30. The number of ether oxygens (including phenoxy) is 1. The summed E-state index contributed by atoms with van der Waals surface area (Å²) in [4.78, 5) is 6.86. The molecule has 0 bridgehead atoms. The molecule has 0 N–H and O–H groups in total. The van der Waals surface area contributed by atoms with E-state index in [1.807, 2.05) is 12.1 Å². The minimum absolute atomic E-state index is 0.866. The summed E-state index contributed by atoms with van der Waals surface area (Å²) < 4.78 is 7.49. The van der Waals surface area contributed by atoms with E-state index in [1.54, 1.807) is 7.11 Å². The van der Waals surface area contributed by atoms with Gasteiger partial charge in [0.1, 0.15) is 5.75 Å². The molecule has 0 saturated heterocycles. The molecule has 4 heteroatoms. The van der Waals surface area contributed by atoms with Gasteiger partial charge in [-0.25, -0.2) is 4.98 Å². The molecule has 0 aliphatic carbocycles. The molecule has 3 rings (SSSR count). The van der Waals surface area contributed by atoms with Crippen LogP contribution in [-0.2, 0) is 6.54 Å². The molecular weight excluding hydrogens is 202 g/mol. The fraction of sp³-hybridized carbons (Fsp3) is 0.417. The fourth-order valence-electron chi connectivity index (χ4n) is 2.30. The number of aryl methyl sites for hydroxylation is 1. The molecular formula is C12H15N3O. The third-order valence-corrected chi connectivity index (χ3v) is 3.15. The third kappa shape index (κ3) is 1.26. The molecule has 1 aliphatic rings. The Bertz CT molecular complexity index is 532. The van der Waals surface area contributed by atoms with Crippen molar-refractivity contribution in [2.24, 2.45) is 0 Å². The number of nitrogens with zero attached hydrogens (tertiary/aromatic N) is 3. The molecule has 16 heavy (non-hydrogen) atoms. The lowest BCUT2D eigenvalue weighted by molar-refractivity contribution is 0.415. The first kappa shape index (κ1) is 9.51. The highest BCUT2D eigenvalue weighted by atomic mass is 16.5. The molecule has 4 nitrogen and oxygen atoms in total. The molecule has 84 valence electrons. The lowest BCUT2D eigenvalue weighted by Crippen LogP contribution is -2.28. The van der Waals surface area contributed by atoms with Crippen LogP contribution in [0.25, 0.3) is 11.0 Å². The van der Waals surface area contributed by atoms with Gasteiger partial charge in [0.2, 0.25) is 5.95 Å². The molecule has 0 unspecified atom stereocenters. The predicted molar refractivity (Wildman–Crippen MR) is 64.2 cm³/mol. The summed E-state index contributed by atoms with van der Waals surface area (Å²) in [6.07, 6.45) is 1.18. The van der Waals surface area contributed by atoms with E-state index in [9.17, 15) is 0 Å². The number of rotatable bonds is 1. The topological polar surface area (TPSA) is 30.3 Å². The van der Waals surface area contributed by atoms with Crippen molar-refractivity contribution in [3.63, 3.8) is 0 Å². The normalized spacial score (nSPS) is 15.2. The van der Waals surface area contributed by atoms with Crippen LogP contribution in [0, 0.1) is 0 Å². The van der Waals surface area contributed by atoms with E-state index in [-0.39, 0.29) is 0 Å². The molecule has 0 spiro atoms. The quantitative estimate of drug-likeness (QED) is 0.730. The highest BCUT2D eigenvalue weighted by Gasteiger charge is 2.18. The van der Waals surface area contributed by atoms with Crippen LogP contribution in [0.2, 0.25) is 0 Å². The number of hydrogen-bond donors (Lipinski definition) is 0. The second kappa shape index (κ2) is 3.40. The Hall–Kier alpha value is -1.71. The summed E-state index contributed by atoms with van der Waals surface area (Å²) in [5.74, 6) is 1.93. The lowest BCUT2D eigenvalue weighted by atomic mass is 10.3. The first-order valence-corrected chi connectivity index (χ1v) is 5.55. The van der Waals surface area contributed by atoms with E-state index in [1.165, 1.54) is 11.9 Å². The van der Waals surface area contributed by atoms with Crippen molar-refractivity contribution in [3.05, 3.63) is 18.2 Å². The van der Waals surface area contributed by atoms with Gasteiger partial charge < -0.3 is 14.2 Å². The summed E-state index contributed by atoms with van der Waals surface area (Å²) in [6, 6.07) is 6.07. The van der Waals surface area contributed by atoms with Crippen LogP contribution in [0.4, 0.5) is 5.95 Å². The van der Waals surface area contributed by atoms with Gasteiger partial charge in [-0.2, -0.15) is 0 Å². The van der Waals surface area contributed by atoms with Gasteiger partial charge in [-0.15, -0.1) is 0 Å². The van der Waals surface area contributed by atoms with E-state index >= 15 is 0 Å². The molecule has 0 radical (unpaired) electrons. The Morgan fingerprint density at radius 1 is 1.31 bits per heavy atom. The van der Waals surface area contributed by atoms with E-state index < -0.39 is 0 Å². The van der Waals surface area contributed by atoms with Crippen LogP contribution < -0.4 is 9.64 Å². The SMILES string of the molecule is COc1ccc2c(c1)nc1n2CCCN1C. The number of fused-ring (bicyclic) bond motifs is 3. The van der Waals surface area contributed by atoms with Gasteiger partial charge in [0, 0.05) is 26.2 Å². The van der Waals surface area contributed by atoms with Gasteiger partial charge in [0.25, 0.3) is 0 Å². The van der Waals surface area contributed by atoms with Crippen LogP contribution in [0.15, 0.2) is 18.2 Å². The summed E-state index contributed by atoms with van der Waals surface area (Å²) in [7, 11) is 3.78. The maximum absolute atomic E-state index is 5.22. The van der Waals surface area contributed by atoms with Gasteiger partial charge >= 0.3 is 0 Å². The lowest BCUT2D eigenvalue weighted by Gasteiger charge is -2.24. The number of imidazole rings is 1. The maximum atomic E-state index is 5.22. The summed E-state index contributed by atoms with van der Waals surface area (Å²) >= 11 is 0. The Balaban J connectivity index is 2.23. The van der Waals surface area contributed by atoms with E-state index in [4.69, 9.17) is 4.74 Å². The molecule has 1 aromatic carbocycles. The van der Waals surface area contributed by atoms with Crippen molar-refractivity contribution < 1.29 is 4.74 Å². The van der Waals surface area contributed by atoms with Gasteiger partial charge in [-0.05, 0) is 18.6 Å². The molecule has 2 aromatic rings. The zero-order chi connectivity index (χ0) is 11.1. The summed E-state index contributed by atoms with van der Waals surface area (Å²) in [6.45, 7) is 2.14. The average molecular weight is 217 g/mol. The zero-order valence-electron chi connectivity index (χ0n) is 9.60. The van der Waals surface area contributed by atoms with Gasteiger partial charge in [0.15, 0.2) is 0 Å². The Kier molecular flexibility index (Phi) is 2.02. The summed E-state index contributed by atoms with van der Waals surface area (Å²) in [5.41, 5.74) is 2.21. The highest BCUT2D eigenvalue weighted by molar-refractivity contribution is 5.80. The molecule has 1 aliphatic heterocycles. The Morgan fingerprint density at radius 3 is 3.00 bits per heavy atom. The smallest absolute Gasteiger partial charge is 0.206 e. The minimum atomic E-state index is 0.866. The Labute approximate surface area is 94.4 Å². The van der Waals surface area contributed by atoms with E-state index in [0.717, 1.165) is 30.3 Å². The Morgan fingerprint density at radius 2 is 2.19 bits per heavy atom. The molecule has 1 aromatic heterocycles. The van der Waals surface area contributed by atoms with Crippen LogP contribution in [-0.4, -0.2) is 30.3 Å². The van der Waals surface area contributed by atoms with Crippen molar-refractivity contribution >= 4 is 17.0 Å². The summed E-state index contributed by atoms with van der Waals surface area (Å²) in [5, 5.41) is 0. The number of methoxy groups -OCH3 is 1. The first-order chi connectivity index (χ1) is 7.79.